The van der Waals surface area contributed by atoms with E-state index in [1.165, 1.54) is 0 Å². The second-order valence-electron chi connectivity index (χ2n) is 9.42. The number of ether oxygens (including phenoxy) is 2. The summed E-state index contributed by atoms with van der Waals surface area (Å²) in [5, 5.41) is -0.450. The number of methoxy groups -OCH3 is 1. The number of anilines is 1. The van der Waals surface area contributed by atoms with Crippen molar-refractivity contribution >= 4 is 79.1 Å². The molecule has 3 aromatic rings. The minimum atomic E-state index is -0.471. The minimum Gasteiger partial charge on any atom is -0.493 e. The maximum absolute atomic E-state index is 13.1. The highest BCUT2D eigenvalue weighted by Crippen LogP contribution is 2.37. The highest BCUT2D eigenvalue weighted by atomic mass is 127. The van der Waals surface area contributed by atoms with Crippen LogP contribution in [0.3, 0.4) is 0 Å². The number of benzene rings is 3. The van der Waals surface area contributed by atoms with E-state index >= 15 is 0 Å². The highest BCUT2D eigenvalue weighted by molar-refractivity contribution is 14.1. The fourth-order valence-corrected chi connectivity index (χ4v) is 6.46. The molecule has 212 valence electrons. The first-order valence-corrected chi connectivity index (χ1v) is 15.6. The Kier molecular flexibility index (Phi) is 9.56. The number of thioether (sulfide) groups is 1. The van der Waals surface area contributed by atoms with Gasteiger partial charge in [-0.1, -0.05) is 46.3 Å². The molecule has 2 heterocycles. The van der Waals surface area contributed by atoms with Crippen molar-refractivity contribution in [3.63, 3.8) is 0 Å². The van der Waals surface area contributed by atoms with E-state index in [1.54, 1.807) is 24.2 Å². The van der Waals surface area contributed by atoms with E-state index in [0.717, 1.165) is 36.0 Å². The summed E-state index contributed by atoms with van der Waals surface area (Å²) in [5.74, 6) is 0.411. The van der Waals surface area contributed by atoms with Crippen molar-refractivity contribution in [2.24, 2.45) is 0 Å². The molecule has 0 aliphatic carbocycles. The molecule has 0 N–H and O–H groups in total. The summed E-state index contributed by atoms with van der Waals surface area (Å²) >= 11 is 6.43. The number of para-hydroxylation sites is 1. The van der Waals surface area contributed by atoms with Crippen LogP contribution in [0.4, 0.5) is 10.5 Å². The fraction of sp³-hybridized carbons (Fsp3) is 0.233. The lowest BCUT2D eigenvalue weighted by Gasteiger charge is -2.36. The van der Waals surface area contributed by atoms with Crippen LogP contribution in [0.1, 0.15) is 11.1 Å². The molecule has 0 unspecified atom stereocenters. The molecule has 0 radical (unpaired) electrons. The summed E-state index contributed by atoms with van der Waals surface area (Å²) in [6, 6.07) is 21.5. The van der Waals surface area contributed by atoms with E-state index < -0.39 is 11.1 Å². The molecule has 0 spiro atoms. The second-order valence-corrected chi connectivity index (χ2v) is 12.5. The van der Waals surface area contributed by atoms with Gasteiger partial charge < -0.3 is 19.3 Å². The number of hydrogen-bond acceptors (Lipinski definition) is 7. The number of piperazine rings is 1. The van der Waals surface area contributed by atoms with Gasteiger partial charge in [-0.3, -0.25) is 19.3 Å². The Hall–Kier alpha value is -3.03. The van der Waals surface area contributed by atoms with Crippen molar-refractivity contribution in [1.29, 1.82) is 0 Å². The predicted molar refractivity (Wildman–Crippen MR) is 172 cm³/mol. The number of carbonyl (C=O) groups is 3. The van der Waals surface area contributed by atoms with Crippen LogP contribution in [0, 0.1) is 3.57 Å². The third-order valence-electron chi connectivity index (χ3n) is 6.77. The van der Waals surface area contributed by atoms with Crippen LogP contribution in [0.25, 0.3) is 6.08 Å². The third-order valence-corrected chi connectivity index (χ3v) is 9.00. The molecule has 0 saturated carbocycles. The first-order valence-electron chi connectivity index (χ1n) is 12.9. The predicted octanol–water partition coefficient (Wildman–Crippen LogP) is 6.03. The van der Waals surface area contributed by atoms with Crippen LogP contribution in [-0.4, -0.2) is 66.7 Å². The molecule has 5 rings (SSSR count). The number of halogens is 2. The van der Waals surface area contributed by atoms with Crippen molar-refractivity contribution in [2.75, 3.05) is 44.7 Å². The van der Waals surface area contributed by atoms with Crippen LogP contribution in [-0.2, 0) is 16.2 Å². The third kappa shape index (κ3) is 7.07. The zero-order valence-electron chi connectivity index (χ0n) is 22.2. The molecule has 0 bridgehead atoms. The number of nitrogens with zero attached hydrogens (tertiary/aromatic N) is 3. The maximum atomic E-state index is 13.1. The number of carbonyl (C=O) groups excluding carboxylic acids is 3. The van der Waals surface area contributed by atoms with Crippen LogP contribution in [0.2, 0.25) is 0 Å². The standard InChI is InChI=1S/C30H27BrIN3O5S/c1-39-25-16-21(15-24(32)28(25)40-19-20-7-9-22(31)10-8-20)17-26-29(37)35(30(38)41-26)18-27(36)34-13-11-33(12-14-34)23-5-3-2-4-6-23/h2-10,15-17H,11-14,18-19H2,1H3/b26-17+. The molecule has 0 atom stereocenters. The number of imide groups is 1. The molecule has 2 fully saturated rings. The Labute approximate surface area is 264 Å². The SMILES string of the molecule is COc1cc(/C=C2/SC(=O)N(CC(=O)N3CCN(c4ccccc4)CC3)C2=O)cc(I)c1OCc1ccc(Br)cc1. The first kappa shape index (κ1) is 29.5. The van der Waals surface area contributed by atoms with Gasteiger partial charge in [-0.25, -0.2) is 0 Å². The van der Waals surface area contributed by atoms with Gasteiger partial charge in [0.2, 0.25) is 5.91 Å². The normalized spacial score (nSPS) is 16.5. The van der Waals surface area contributed by atoms with Gasteiger partial charge in [0.25, 0.3) is 11.1 Å². The molecule has 11 heteroatoms. The quantitative estimate of drug-likeness (QED) is 0.206. The summed E-state index contributed by atoms with van der Waals surface area (Å²) in [5.41, 5.74) is 2.82. The lowest BCUT2D eigenvalue weighted by molar-refractivity contribution is -0.136. The molecule has 41 heavy (non-hydrogen) atoms. The van der Waals surface area contributed by atoms with Gasteiger partial charge in [-0.15, -0.1) is 0 Å². The van der Waals surface area contributed by atoms with Gasteiger partial charge in [0.05, 0.1) is 15.6 Å². The number of amides is 3. The molecule has 2 aliphatic heterocycles. The van der Waals surface area contributed by atoms with Gasteiger partial charge in [0.15, 0.2) is 11.5 Å². The van der Waals surface area contributed by atoms with Crippen LogP contribution < -0.4 is 14.4 Å². The summed E-state index contributed by atoms with van der Waals surface area (Å²) in [4.78, 5) is 44.1. The average molecular weight is 748 g/mol. The van der Waals surface area contributed by atoms with Crippen LogP contribution in [0.5, 0.6) is 11.5 Å². The minimum absolute atomic E-state index is 0.232. The number of hydrogen-bond donors (Lipinski definition) is 0. The van der Waals surface area contributed by atoms with Gasteiger partial charge >= 0.3 is 0 Å². The number of rotatable bonds is 8. The highest BCUT2D eigenvalue weighted by Gasteiger charge is 2.37. The van der Waals surface area contributed by atoms with Gasteiger partial charge in [-0.05, 0) is 88.0 Å². The van der Waals surface area contributed by atoms with Crippen molar-refractivity contribution in [3.05, 3.63) is 90.8 Å². The van der Waals surface area contributed by atoms with Crippen molar-refractivity contribution < 1.29 is 23.9 Å². The summed E-state index contributed by atoms with van der Waals surface area (Å²) in [7, 11) is 1.56. The second kappa shape index (κ2) is 13.3. The Morgan fingerprint density at radius 2 is 1.73 bits per heavy atom. The molecule has 2 saturated heterocycles. The first-order chi connectivity index (χ1) is 19.8. The molecule has 0 aromatic heterocycles. The summed E-state index contributed by atoms with van der Waals surface area (Å²) in [6.45, 7) is 2.56. The average Bonchev–Trinajstić information content (AvgIpc) is 3.24. The van der Waals surface area contributed by atoms with E-state index in [-0.39, 0.29) is 17.4 Å². The van der Waals surface area contributed by atoms with Gasteiger partial charge in [-0.2, -0.15) is 0 Å². The maximum Gasteiger partial charge on any atom is 0.294 e. The van der Waals surface area contributed by atoms with Gasteiger partial charge in [0.1, 0.15) is 13.2 Å². The van der Waals surface area contributed by atoms with Crippen molar-refractivity contribution in [1.82, 2.24) is 9.80 Å². The lowest BCUT2D eigenvalue weighted by atomic mass is 10.1. The summed E-state index contributed by atoms with van der Waals surface area (Å²) < 4.78 is 13.4. The van der Waals surface area contributed by atoms with Crippen LogP contribution in [0.15, 0.2) is 76.1 Å². The topological polar surface area (TPSA) is 79.4 Å². The van der Waals surface area contributed by atoms with E-state index in [1.807, 2.05) is 60.7 Å². The van der Waals surface area contributed by atoms with E-state index in [2.05, 4.69) is 43.4 Å². The largest absolute Gasteiger partial charge is 0.493 e. The molecule has 3 amide bonds. The smallest absolute Gasteiger partial charge is 0.294 e. The zero-order valence-corrected chi connectivity index (χ0v) is 26.8. The molecule has 8 nitrogen and oxygen atoms in total. The van der Waals surface area contributed by atoms with Crippen molar-refractivity contribution in [2.45, 2.75) is 6.61 Å². The lowest BCUT2D eigenvalue weighted by Crippen LogP contribution is -2.51. The van der Waals surface area contributed by atoms with Crippen molar-refractivity contribution in [3.8, 4) is 11.5 Å². The Morgan fingerprint density at radius 1 is 1.02 bits per heavy atom. The molecular weight excluding hydrogens is 721 g/mol. The van der Waals surface area contributed by atoms with E-state index in [9.17, 15) is 14.4 Å². The molecule has 2 aliphatic rings. The Morgan fingerprint density at radius 3 is 2.41 bits per heavy atom. The summed E-state index contributed by atoms with van der Waals surface area (Å²) in [6.07, 6.45) is 1.65. The molecular formula is C30H27BrIN3O5S. The monoisotopic (exact) mass is 747 g/mol. The Balaban J connectivity index is 1.22. The fourth-order valence-electron chi connectivity index (χ4n) is 4.58. The van der Waals surface area contributed by atoms with Gasteiger partial charge in [0, 0.05) is 36.3 Å². The Bertz CT molecular complexity index is 1480. The van der Waals surface area contributed by atoms with E-state index in [0.29, 0.717) is 49.8 Å². The van der Waals surface area contributed by atoms with E-state index in [4.69, 9.17) is 9.47 Å². The molecule has 3 aromatic carbocycles. The zero-order chi connectivity index (χ0) is 28.9. The van der Waals surface area contributed by atoms with Crippen LogP contribution >= 0.6 is 50.3 Å².